The number of hydrogen-bond donors (Lipinski definition) is 2. The lowest BCUT2D eigenvalue weighted by Gasteiger charge is -2.15. The third-order valence-electron chi connectivity index (χ3n) is 2.90. The molecule has 0 heterocycles. The number of aromatic hydroxyl groups is 1. The molecule has 0 spiro atoms. The van der Waals surface area contributed by atoms with Crippen LogP contribution in [-0.4, -0.2) is 5.11 Å². The highest BCUT2D eigenvalue weighted by Crippen LogP contribution is 2.21. The summed E-state index contributed by atoms with van der Waals surface area (Å²) in [5.41, 5.74) is 2.07. The summed E-state index contributed by atoms with van der Waals surface area (Å²) in [5.74, 6) is 0.275. The number of phenols is 1. The van der Waals surface area contributed by atoms with Gasteiger partial charge in [0.2, 0.25) is 0 Å². The Bertz CT molecular complexity index is 552. The van der Waals surface area contributed by atoms with Crippen molar-refractivity contribution in [2.24, 2.45) is 0 Å². The molecule has 0 radical (unpaired) electrons. The molecular formula is C15H15Cl2NO. The average molecular weight is 296 g/mol. The Morgan fingerprint density at radius 2 is 1.79 bits per heavy atom. The van der Waals surface area contributed by atoms with Crippen LogP contribution in [0.15, 0.2) is 42.5 Å². The average Bonchev–Trinajstić information content (AvgIpc) is 2.35. The van der Waals surface area contributed by atoms with Crippen molar-refractivity contribution in [3.8, 4) is 5.75 Å². The lowest BCUT2D eigenvalue weighted by molar-refractivity contribution is 0.472. The fraction of sp³-hybridized carbons (Fsp3) is 0.200. The minimum absolute atomic E-state index is 0.129. The standard InChI is InChI=1S/C15H15Cl2NO/c1-10(12-3-2-4-15(19)7-12)18-9-11-5-13(16)8-14(17)6-11/h2-8,10,18-19H,9H2,1H3. The summed E-state index contributed by atoms with van der Waals surface area (Å²) >= 11 is 11.9. The number of halogens is 2. The van der Waals surface area contributed by atoms with Crippen molar-refractivity contribution in [3.05, 3.63) is 63.6 Å². The SMILES string of the molecule is CC(NCc1cc(Cl)cc(Cl)c1)c1cccc(O)c1. The molecule has 100 valence electrons. The van der Waals surface area contributed by atoms with Gasteiger partial charge in [0.1, 0.15) is 5.75 Å². The maximum atomic E-state index is 9.46. The summed E-state index contributed by atoms with van der Waals surface area (Å²) in [7, 11) is 0. The molecule has 2 nitrogen and oxygen atoms in total. The molecule has 2 aromatic carbocycles. The third-order valence-corrected chi connectivity index (χ3v) is 3.34. The minimum atomic E-state index is 0.129. The zero-order chi connectivity index (χ0) is 13.8. The van der Waals surface area contributed by atoms with Crippen molar-refractivity contribution >= 4 is 23.2 Å². The molecule has 4 heteroatoms. The van der Waals surface area contributed by atoms with Crippen molar-refractivity contribution in [2.45, 2.75) is 19.5 Å². The first-order valence-corrected chi connectivity index (χ1v) is 6.77. The van der Waals surface area contributed by atoms with Crippen LogP contribution >= 0.6 is 23.2 Å². The van der Waals surface area contributed by atoms with Gasteiger partial charge >= 0.3 is 0 Å². The first-order valence-electron chi connectivity index (χ1n) is 6.02. The molecule has 0 aliphatic heterocycles. The van der Waals surface area contributed by atoms with Crippen LogP contribution in [0.5, 0.6) is 5.75 Å². The van der Waals surface area contributed by atoms with Gasteiger partial charge in [-0.2, -0.15) is 0 Å². The van der Waals surface area contributed by atoms with Gasteiger partial charge in [-0.05, 0) is 48.4 Å². The second kappa shape index (κ2) is 6.29. The van der Waals surface area contributed by atoms with Crippen molar-refractivity contribution in [1.82, 2.24) is 5.32 Å². The molecular weight excluding hydrogens is 281 g/mol. The number of phenolic OH excluding ortho intramolecular Hbond substituents is 1. The van der Waals surface area contributed by atoms with Gasteiger partial charge in [-0.15, -0.1) is 0 Å². The topological polar surface area (TPSA) is 32.3 Å². The second-order valence-electron chi connectivity index (χ2n) is 4.48. The monoisotopic (exact) mass is 295 g/mol. The van der Waals surface area contributed by atoms with E-state index >= 15 is 0 Å². The minimum Gasteiger partial charge on any atom is -0.508 e. The Morgan fingerprint density at radius 1 is 1.11 bits per heavy atom. The maximum Gasteiger partial charge on any atom is 0.115 e. The van der Waals surface area contributed by atoms with E-state index < -0.39 is 0 Å². The van der Waals surface area contributed by atoms with Crippen molar-refractivity contribution in [1.29, 1.82) is 0 Å². The van der Waals surface area contributed by atoms with Crippen LogP contribution in [-0.2, 0) is 6.54 Å². The highest BCUT2D eigenvalue weighted by molar-refractivity contribution is 6.34. The van der Waals surface area contributed by atoms with E-state index in [0.717, 1.165) is 11.1 Å². The van der Waals surface area contributed by atoms with Crippen LogP contribution in [0.2, 0.25) is 10.0 Å². The largest absolute Gasteiger partial charge is 0.508 e. The summed E-state index contributed by atoms with van der Waals surface area (Å²) in [6.07, 6.45) is 0. The van der Waals surface area contributed by atoms with Gasteiger partial charge in [-0.1, -0.05) is 35.3 Å². The van der Waals surface area contributed by atoms with Crippen LogP contribution < -0.4 is 5.32 Å². The number of hydrogen-bond acceptors (Lipinski definition) is 2. The van der Waals surface area contributed by atoms with Crippen LogP contribution in [0.25, 0.3) is 0 Å². The summed E-state index contributed by atoms with van der Waals surface area (Å²) in [6.45, 7) is 2.71. The van der Waals surface area contributed by atoms with Crippen molar-refractivity contribution in [2.75, 3.05) is 0 Å². The summed E-state index contributed by atoms with van der Waals surface area (Å²) in [4.78, 5) is 0. The maximum absolute atomic E-state index is 9.46. The van der Waals surface area contributed by atoms with Crippen LogP contribution in [0.3, 0.4) is 0 Å². The van der Waals surface area contributed by atoms with E-state index in [9.17, 15) is 5.11 Å². The Labute approximate surface area is 123 Å². The molecule has 2 aromatic rings. The Kier molecular flexibility index (Phi) is 4.70. The highest BCUT2D eigenvalue weighted by atomic mass is 35.5. The predicted molar refractivity (Wildman–Crippen MR) is 79.8 cm³/mol. The van der Waals surface area contributed by atoms with E-state index in [1.807, 2.05) is 31.2 Å². The predicted octanol–water partition coefficient (Wildman–Crippen LogP) is 4.55. The number of rotatable bonds is 4. The lowest BCUT2D eigenvalue weighted by atomic mass is 10.1. The van der Waals surface area contributed by atoms with E-state index in [1.165, 1.54) is 0 Å². The van der Waals surface area contributed by atoms with Gasteiger partial charge in [-0.3, -0.25) is 0 Å². The van der Waals surface area contributed by atoms with Gasteiger partial charge in [0.15, 0.2) is 0 Å². The number of benzene rings is 2. The molecule has 0 saturated heterocycles. The quantitative estimate of drug-likeness (QED) is 0.867. The summed E-state index contributed by atoms with van der Waals surface area (Å²) in [6, 6.07) is 12.8. The first-order chi connectivity index (χ1) is 9.04. The normalized spacial score (nSPS) is 12.4. The van der Waals surface area contributed by atoms with Crippen LogP contribution in [0, 0.1) is 0 Å². The molecule has 0 bridgehead atoms. The first kappa shape index (κ1) is 14.2. The van der Waals surface area contributed by atoms with E-state index in [0.29, 0.717) is 16.6 Å². The molecule has 1 unspecified atom stereocenters. The molecule has 0 aliphatic carbocycles. The second-order valence-corrected chi connectivity index (χ2v) is 5.35. The van der Waals surface area contributed by atoms with E-state index in [-0.39, 0.29) is 11.8 Å². The van der Waals surface area contributed by atoms with Crippen LogP contribution in [0.1, 0.15) is 24.1 Å². The van der Waals surface area contributed by atoms with E-state index in [1.54, 1.807) is 18.2 Å². The zero-order valence-corrected chi connectivity index (χ0v) is 12.0. The smallest absolute Gasteiger partial charge is 0.115 e. The molecule has 2 rings (SSSR count). The molecule has 2 N–H and O–H groups in total. The van der Waals surface area contributed by atoms with Gasteiger partial charge in [0.25, 0.3) is 0 Å². The highest BCUT2D eigenvalue weighted by Gasteiger charge is 2.06. The Balaban J connectivity index is 2.02. The van der Waals surface area contributed by atoms with Crippen LogP contribution in [0.4, 0.5) is 0 Å². The fourth-order valence-electron chi connectivity index (χ4n) is 1.90. The van der Waals surface area contributed by atoms with E-state index in [4.69, 9.17) is 23.2 Å². The van der Waals surface area contributed by atoms with Crippen molar-refractivity contribution < 1.29 is 5.11 Å². The third kappa shape index (κ3) is 4.13. The van der Waals surface area contributed by atoms with Gasteiger partial charge in [-0.25, -0.2) is 0 Å². The molecule has 1 atom stereocenters. The summed E-state index contributed by atoms with van der Waals surface area (Å²) < 4.78 is 0. The number of nitrogens with one attached hydrogen (secondary N) is 1. The Hall–Kier alpha value is -1.22. The fourth-order valence-corrected chi connectivity index (χ4v) is 2.47. The van der Waals surface area contributed by atoms with Gasteiger partial charge < -0.3 is 10.4 Å². The van der Waals surface area contributed by atoms with E-state index in [2.05, 4.69) is 5.32 Å². The van der Waals surface area contributed by atoms with Gasteiger partial charge in [0, 0.05) is 22.6 Å². The molecule has 0 amide bonds. The molecule has 19 heavy (non-hydrogen) atoms. The van der Waals surface area contributed by atoms with Crippen molar-refractivity contribution in [3.63, 3.8) is 0 Å². The summed E-state index contributed by atoms with van der Waals surface area (Å²) in [5, 5.41) is 14.1. The molecule has 0 aliphatic rings. The molecule has 0 saturated carbocycles. The molecule has 0 fully saturated rings. The van der Waals surface area contributed by atoms with Gasteiger partial charge in [0.05, 0.1) is 0 Å². The lowest BCUT2D eigenvalue weighted by Crippen LogP contribution is -2.18. The molecule has 0 aromatic heterocycles. The Morgan fingerprint density at radius 3 is 2.42 bits per heavy atom. The zero-order valence-electron chi connectivity index (χ0n) is 10.5.